The number of nitrogens with one attached hydrogen (secondary N) is 2. The monoisotopic (exact) mass is 352 g/mol. The first-order valence-electron chi connectivity index (χ1n) is 7.32. The average Bonchev–Trinajstić information content (AvgIpc) is 2.55. The molecule has 5 nitrogen and oxygen atoms in total. The maximum absolute atomic E-state index is 12.7. The number of para-hydroxylation sites is 1. The van der Waals surface area contributed by atoms with Crippen LogP contribution in [0.25, 0.3) is 0 Å². The maximum Gasteiger partial charge on any atom is 0.416 e. The molecule has 132 valence electrons. The van der Waals surface area contributed by atoms with Gasteiger partial charge in [-0.25, -0.2) is 9.59 Å². The molecule has 2 aromatic carbocycles. The lowest BCUT2D eigenvalue weighted by molar-refractivity contribution is -0.137. The summed E-state index contributed by atoms with van der Waals surface area (Å²) < 4.78 is 42.9. The van der Waals surface area contributed by atoms with Crippen molar-refractivity contribution in [2.45, 2.75) is 13.1 Å². The van der Waals surface area contributed by atoms with E-state index in [9.17, 15) is 22.8 Å². The summed E-state index contributed by atoms with van der Waals surface area (Å²) in [6, 6.07) is 9.60. The zero-order valence-corrected chi connectivity index (χ0v) is 13.2. The molecule has 2 aromatic rings. The molecule has 0 spiro atoms. The zero-order chi connectivity index (χ0) is 18.4. The third-order valence-electron chi connectivity index (χ3n) is 3.12. The zero-order valence-electron chi connectivity index (χ0n) is 13.2. The summed E-state index contributed by atoms with van der Waals surface area (Å²) in [5.74, 6) is -0.613. The summed E-state index contributed by atoms with van der Waals surface area (Å²) >= 11 is 0. The first-order valence-corrected chi connectivity index (χ1v) is 7.32. The van der Waals surface area contributed by atoms with Gasteiger partial charge in [-0.3, -0.25) is 0 Å². The SMILES string of the molecule is CCOC(=O)c1ccccc1NC(=O)Nc1cccc(C(F)(F)F)c1. The van der Waals surface area contributed by atoms with Crippen LogP contribution in [0.5, 0.6) is 0 Å². The fraction of sp³-hybridized carbons (Fsp3) is 0.176. The minimum absolute atomic E-state index is 0.0269. The maximum atomic E-state index is 12.7. The number of hydrogen-bond acceptors (Lipinski definition) is 3. The minimum Gasteiger partial charge on any atom is -0.462 e. The van der Waals surface area contributed by atoms with Crippen LogP contribution in [-0.4, -0.2) is 18.6 Å². The van der Waals surface area contributed by atoms with Crippen LogP contribution < -0.4 is 10.6 Å². The summed E-state index contributed by atoms with van der Waals surface area (Å²) in [5, 5.41) is 4.72. The second kappa shape index (κ2) is 7.69. The van der Waals surface area contributed by atoms with Crippen LogP contribution in [0.15, 0.2) is 48.5 Å². The smallest absolute Gasteiger partial charge is 0.416 e. The summed E-state index contributed by atoms with van der Waals surface area (Å²) in [4.78, 5) is 23.9. The molecule has 0 heterocycles. The molecular weight excluding hydrogens is 337 g/mol. The molecule has 0 aliphatic rings. The fourth-order valence-corrected chi connectivity index (χ4v) is 2.04. The van der Waals surface area contributed by atoms with Gasteiger partial charge in [-0.15, -0.1) is 0 Å². The Morgan fingerprint density at radius 3 is 2.44 bits per heavy atom. The number of urea groups is 1. The molecule has 0 aliphatic heterocycles. The molecule has 0 aliphatic carbocycles. The van der Waals surface area contributed by atoms with Crippen molar-refractivity contribution in [2.24, 2.45) is 0 Å². The minimum atomic E-state index is -4.51. The van der Waals surface area contributed by atoms with Gasteiger partial charge in [0.05, 0.1) is 23.4 Å². The number of amides is 2. The van der Waals surface area contributed by atoms with Crippen LogP contribution in [0.2, 0.25) is 0 Å². The second-order valence-electron chi connectivity index (χ2n) is 4.92. The van der Waals surface area contributed by atoms with Gasteiger partial charge in [0.15, 0.2) is 0 Å². The lowest BCUT2D eigenvalue weighted by atomic mass is 10.2. The van der Waals surface area contributed by atoms with Crippen LogP contribution in [0.1, 0.15) is 22.8 Å². The van der Waals surface area contributed by atoms with Gasteiger partial charge in [0.25, 0.3) is 0 Å². The third kappa shape index (κ3) is 4.97. The van der Waals surface area contributed by atoms with Crippen molar-refractivity contribution in [3.8, 4) is 0 Å². The summed E-state index contributed by atoms with van der Waals surface area (Å²) in [6.45, 7) is 1.82. The number of carbonyl (C=O) groups is 2. The Balaban J connectivity index is 2.13. The van der Waals surface area contributed by atoms with Gasteiger partial charge in [0, 0.05) is 5.69 Å². The average molecular weight is 352 g/mol. The number of rotatable bonds is 4. The largest absolute Gasteiger partial charge is 0.462 e. The van der Waals surface area contributed by atoms with Gasteiger partial charge in [-0.2, -0.15) is 13.2 Å². The molecule has 0 saturated heterocycles. The number of esters is 1. The normalized spacial score (nSPS) is 10.9. The molecule has 2 N–H and O–H groups in total. The van der Waals surface area contributed by atoms with E-state index in [1.165, 1.54) is 24.3 Å². The van der Waals surface area contributed by atoms with E-state index < -0.39 is 23.7 Å². The number of anilines is 2. The molecule has 0 saturated carbocycles. The van der Waals surface area contributed by atoms with Crippen molar-refractivity contribution >= 4 is 23.4 Å². The number of carbonyl (C=O) groups excluding carboxylic acids is 2. The molecule has 0 atom stereocenters. The Hall–Kier alpha value is -3.03. The van der Waals surface area contributed by atoms with Crippen molar-refractivity contribution in [1.82, 2.24) is 0 Å². The number of ether oxygens (including phenoxy) is 1. The molecular formula is C17H15F3N2O3. The summed E-state index contributed by atoms with van der Waals surface area (Å²) in [5.41, 5.74) is -0.577. The topological polar surface area (TPSA) is 67.4 Å². The van der Waals surface area contributed by atoms with E-state index >= 15 is 0 Å². The first-order chi connectivity index (χ1) is 11.8. The Labute approximate surface area is 141 Å². The predicted octanol–water partition coefficient (Wildman–Crippen LogP) is 4.53. The number of hydrogen-bond donors (Lipinski definition) is 2. The number of benzene rings is 2. The van der Waals surface area contributed by atoms with E-state index in [2.05, 4.69) is 10.6 Å². The number of alkyl halides is 3. The molecule has 25 heavy (non-hydrogen) atoms. The highest BCUT2D eigenvalue weighted by Gasteiger charge is 2.30. The van der Waals surface area contributed by atoms with E-state index in [1.807, 2.05) is 0 Å². The quantitative estimate of drug-likeness (QED) is 0.795. The van der Waals surface area contributed by atoms with Gasteiger partial charge in [-0.05, 0) is 37.3 Å². The van der Waals surface area contributed by atoms with Crippen LogP contribution in [0.3, 0.4) is 0 Å². The lowest BCUT2D eigenvalue weighted by Crippen LogP contribution is -2.21. The Morgan fingerprint density at radius 2 is 1.76 bits per heavy atom. The molecule has 0 aromatic heterocycles. The first kappa shape index (κ1) is 18.3. The molecule has 2 amide bonds. The fourth-order valence-electron chi connectivity index (χ4n) is 2.04. The van der Waals surface area contributed by atoms with Gasteiger partial charge in [-0.1, -0.05) is 18.2 Å². The highest BCUT2D eigenvalue weighted by Crippen LogP contribution is 2.30. The van der Waals surface area contributed by atoms with Crippen molar-refractivity contribution in [3.63, 3.8) is 0 Å². The Kier molecular flexibility index (Phi) is 5.63. The molecule has 0 unspecified atom stereocenters. The van der Waals surface area contributed by atoms with Crippen molar-refractivity contribution in [2.75, 3.05) is 17.2 Å². The summed E-state index contributed by atoms with van der Waals surface area (Å²) in [6.07, 6.45) is -4.51. The standard InChI is InChI=1S/C17H15F3N2O3/c1-2-25-15(23)13-8-3-4-9-14(13)22-16(24)21-12-7-5-6-11(10-12)17(18,19)20/h3-10H,2H2,1H3,(H2,21,22,24). The Bertz CT molecular complexity index is 776. The summed E-state index contributed by atoms with van der Waals surface area (Å²) in [7, 11) is 0. The lowest BCUT2D eigenvalue weighted by Gasteiger charge is -2.12. The van der Waals surface area contributed by atoms with E-state index in [0.717, 1.165) is 12.1 Å². The molecule has 2 rings (SSSR count). The van der Waals surface area contributed by atoms with Crippen LogP contribution in [0.4, 0.5) is 29.3 Å². The van der Waals surface area contributed by atoms with Gasteiger partial charge in [0.1, 0.15) is 0 Å². The highest BCUT2D eigenvalue weighted by molar-refractivity contribution is 6.05. The Morgan fingerprint density at radius 1 is 1.04 bits per heavy atom. The van der Waals surface area contributed by atoms with Gasteiger partial charge in [0.2, 0.25) is 0 Å². The van der Waals surface area contributed by atoms with Crippen LogP contribution in [-0.2, 0) is 10.9 Å². The van der Waals surface area contributed by atoms with Gasteiger partial charge < -0.3 is 15.4 Å². The van der Waals surface area contributed by atoms with Crippen molar-refractivity contribution in [3.05, 3.63) is 59.7 Å². The van der Waals surface area contributed by atoms with Crippen molar-refractivity contribution < 1.29 is 27.5 Å². The predicted molar refractivity (Wildman–Crippen MR) is 86.5 cm³/mol. The second-order valence-corrected chi connectivity index (χ2v) is 4.92. The molecule has 0 fully saturated rings. The van der Waals surface area contributed by atoms with Crippen molar-refractivity contribution in [1.29, 1.82) is 0 Å². The van der Waals surface area contributed by atoms with Gasteiger partial charge >= 0.3 is 18.2 Å². The van der Waals surface area contributed by atoms with E-state index in [-0.39, 0.29) is 23.5 Å². The number of halogens is 3. The van der Waals surface area contributed by atoms with Crippen LogP contribution >= 0.6 is 0 Å². The highest BCUT2D eigenvalue weighted by atomic mass is 19.4. The van der Waals surface area contributed by atoms with Crippen LogP contribution in [0, 0.1) is 0 Å². The molecule has 8 heteroatoms. The van der Waals surface area contributed by atoms with E-state index in [0.29, 0.717) is 0 Å². The third-order valence-corrected chi connectivity index (χ3v) is 3.12. The molecule has 0 radical (unpaired) electrons. The van der Waals surface area contributed by atoms with E-state index in [1.54, 1.807) is 19.1 Å². The molecule has 0 bridgehead atoms. The van der Waals surface area contributed by atoms with E-state index in [4.69, 9.17) is 4.74 Å².